The maximum atomic E-state index is 13.3. The third kappa shape index (κ3) is 7.80. The Hall–Kier alpha value is -3.38. The summed E-state index contributed by atoms with van der Waals surface area (Å²) >= 11 is 1.01. The molecule has 0 unspecified atom stereocenters. The number of fused-ring (bicyclic) bond motifs is 1. The fourth-order valence-electron chi connectivity index (χ4n) is 3.81. The normalized spacial score (nSPS) is 16.4. The van der Waals surface area contributed by atoms with Crippen molar-refractivity contribution >= 4 is 41.1 Å². The van der Waals surface area contributed by atoms with Gasteiger partial charge in [-0.25, -0.2) is 4.99 Å². The summed E-state index contributed by atoms with van der Waals surface area (Å²) < 4.78 is 41.3. The second-order valence-corrected chi connectivity index (χ2v) is 9.29. The third-order valence-electron chi connectivity index (χ3n) is 5.65. The minimum Gasteiger partial charge on any atom is -0.330 e. The molecule has 37 heavy (non-hydrogen) atoms. The Balaban J connectivity index is 1.89. The standard InChI is InChI=1S/C25H28F3N5O3S/c1-33-19-10-6-5-9-18(19)21(16-7-3-2-4-8-16)30-22(24(33)36)31-23(35)17(11-12-25(26,27)28)15-20(34)32-37-14-13-29/h2-10,17,22H,11-15,29H2,1H3,(H,31,35)(H,32,34)/t17-,22-/m1/s1. The van der Waals surface area contributed by atoms with Gasteiger partial charge in [0.25, 0.3) is 5.91 Å². The van der Waals surface area contributed by atoms with Crippen LogP contribution in [-0.2, 0) is 14.4 Å². The number of benzene rings is 2. The number of rotatable bonds is 10. The molecule has 0 spiro atoms. The lowest BCUT2D eigenvalue weighted by atomic mass is 9.97. The highest BCUT2D eigenvalue weighted by Gasteiger charge is 2.35. The van der Waals surface area contributed by atoms with Crippen LogP contribution in [0.4, 0.5) is 18.9 Å². The summed E-state index contributed by atoms with van der Waals surface area (Å²) in [6, 6.07) is 16.1. The molecular formula is C25H28F3N5O3S. The molecule has 1 aliphatic heterocycles. The van der Waals surface area contributed by atoms with Crippen molar-refractivity contribution in [1.29, 1.82) is 0 Å². The number of hydrogen-bond donors (Lipinski definition) is 3. The highest BCUT2D eigenvalue weighted by molar-refractivity contribution is 7.97. The van der Waals surface area contributed by atoms with Gasteiger partial charge in [-0.2, -0.15) is 13.2 Å². The van der Waals surface area contributed by atoms with Gasteiger partial charge in [-0.05, 0) is 24.4 Å². The summed E-state index contributed by atoms with van der Waals surface area (Å²) in [4.78, 5) is 44.6. The fraction of sp³-hybridized carbons (Fsp3) is 0.360. The lowest BCUT2D eigenvalue weighted by Crippen LogP contribution is -2.48. The van der Waals surface area contributed by atoms with E-state index in [4.69, 9.17) is 5.73 Å². The van der Waals surface area contributed by atoms with Gasteiger partial charge in [-0.15, -0.1) is 0 Å². The van der Waals surface area contributed by atoms with Crippen LogP contribution in [0.25, 0.3) is 0 Å². The summed E-state index contributed by atoms with van der Waals surface area (Å²) in [5, 5.41) is 2.49. The van der Waals surface area contributed by atoms with E-state index < -0.39 is 55.2 Å². The number of aliphatic imine (C=N–C) groups is 1. The third-order valence-corrected chi connectivity index (χ3v) is 6.47. The second-order valence-electron chi connectivity index (χ2n) is 8.39. The van der Waals surface area contributed by atoms with Crippen molar-refractivity contribution in [2.75, 3.05) is 24.2 Å². The molecule has 0 fully saturated rings. The van der Waals surface area contributed by atoms with Gasteiger partial charge < -0.3 is 20.7 Å². The number of carbonyl (C=O) groups excluding carboxylic acids is 3. The van der Waals surface area contributed by atoms with Crippen LogP contribution >= 0.6 is 11.9 Å². The Morgan fingerprint density at radius 1 is 1.14 bits per heavy atom. The van der Waals surface area contributed by atoms with Crippen LogP contribution in [0.3, 0.4) is 0 Å². The number of nitrogens with zero attached hydrogens (tertiary/aromatic N) is 2. The lowest BCUT2D eigenvalue weighted by Gasteiger charge is -2.23. The molecule has 3 rings (SSSR count). The number of likely N-dealkylation sites (N-methyl/N-ethyl adjacent to an activating group) is 1. The maximum Gasteiger partial charge on any atom is 0.389 e. The number of nitrogens with two attached hydrogens (primary N) is 1. The number of benzodiazepines with no additional fused rings is 1. The van der Waals surface area contributed by atoms with Crippen LogP contribution < -0.4 is 20.7 Å². The Morgan fingerprint density at radius 2 is 1.81 bits per heavy atom. The van der Waals surface area contributed by atoms with E-state index in [2.05, 4.69) is 15.0 Å². The zero-order chi connectivity index (χ0) is 27.0. The van der Waals surface area contributed by atoms with Gasteiger partial charge in [-0.3, -0.25) is 14.4 Å². The van der Waals surface area contributed by atoms with E-state index in [0.29, 0.717) is 34.8 Å². The molecule has 12 heteroatoms. The molecular weight excluding hydrogens is 507 g/mol. The molecule has 1 heterocycles. The van der Waals surface area contributed by atoms with Gasteiger partial charge in [0.05, 0.1) is 11.4 Å². The number of hydrogen-bond acceptors (Lipinski definition) is 6. The molecule has 198 valence electrons. The van der Waals surface area contributed by atoms with Crippen LogP contribution in [0.5, 0.6) is 0 Å². The monoisotopic (exact) mass is 535 g/mol. The summed E-state index contributed by atoms with van der Waals surface area (Å²) in [7, 11) is 1.53. The number of nitrogens with one attached hydrogen (secondary N) is 2. The Kier molecular flexibility index (Phi) is 9.70. The van der Waals surface area contributed by atoms with Crippen molar-refractivity contribution in [1.82, 2.24) is 10.0 Å². The molecule has 0 bridgehead atoms. The molecule has 2 atom stereocenters. The molecule has 0 saturated heterocycles. The predicted molar refractivity (Wildman–Crippen MR) is 137 cm³/mol. The number of anilines is 1. The molecule has 2 aromatic carbocycles. The molecule has 1 aliphatic rings. The minimum atomic E-state index is -4.51. The molecule has 4 N–H and O–H groups in total. The number of halogens is 3. The van der Waals surface area contributed by atoms with E-state index in [1.165, 1.54) is 11.9 Å². The first-order valence-corrected chi connectivity index (χ1v) is 12.6. The first kappa shape index (κ1) is 28.2. The molecule has 2 aromatic rings. The molecule has 0 radical (unpaired) electrons. The summed E-state index contributed by atoms with van der Waals surface area (Å²) in [6.07, 6.45) is -8.26. The average molecular weight is 536 g/mol. The van der Waals surface area contributed by atoms with Crippen LogP contribution in [0.1, 0.15) is 30.4 Å². The van der Waals surface area contributed by atoms with Gasteiger partial charge in [0, 0.05) is 49.2 Å². The Bertz CT molecular complexity index is 1140. The summed E-state index contributed by atoms with van der Waals surface area (Å²) in [5.74, 6) is -2.95. The van der Waals surface area contributed by atoms with E-state index >= 15 is 0 Å². The number of para-hydroxylation sites is 1. The van der Waals surface area contributed by atoms with E-state index in [0.717, 1.165) is 11.9 Å². The Morgan fingerprint density at radius 3 is 2.49 bits per heavy atom. The van der Waals surface area contributed by atoms with Gasteiger partial charge in [0.1, 0.15) is 0 Å². The first-order valence-electron chi connectivity index (χ1n) is 11.6. The Labute approximate surface area is 217 Å². The fourth-order valence-corrected chi connectivity index (χ4v) is 4.28. The molecule has 8 nitrogen and oxygen atoms in total. The zero-order valence-electron chi connectivity index (χ0n) is 20.1. The average Bonchev–Trinajstić information content (AvgIpc) is 2.97. The predicted octanol–water partition coefficient (Wildman–Crippen LogP) is 3.01. The van der Waals surface area contributed by atoms with Crippen molar-refractivity contribution in [2.45, 2.75) is 31.6 Å². The second kappa shape index (κ2) is 12.7. The van der Waals surface area contributed by atoms with Crippen molar-refractivity contribution in [3.8, 4) is 0 Å². The van der Waals surface area contributed by atoms with Crippen LogP contribution in [0, 0.1) is 5.92 Å². The topological polar surface area (TPSA) is 117 Å². The number of alkyl halides is 3. The highest BCUT2D eigenvalue weighted by atomic mass is 32.2. The van der Waals surface area contributed by atoms with Crippen LogP contribution in [0.2, 0.25) is 0 Å². The van der Waals surface area contributed by atoms with Gasteiger partial charge in [0.2, 0.25) is 18.0 Å². The first-order chi connectivity index (χ1) is 17.6. The van der Waals surface area contributed by atoms with E-state index in [1.54, 1.807) is 48.5 Å². The highest BCUT2D eigenvalue weighted by Crippen LogP contribution is 2.28. The molecule has 3 amide bonds. The van der Waals surface area contributed by atoms with Crippen molar-refractivity contribution in [3.05, 3.63) is 65.7 Å². The summed E-state index contributed by atoms with van der Waals surface area (Å²) in [6.45, 7) is 0.296. The minimum absolute atomic E-state index is 0.296. The SMILES string of the molecule is CN1C(=O)[C@@H](NC(=O)[C@H](CCC(F)(F)F)CC(=O)NSCCN)N=C(c2ccccc2)c2ccccc21. The van der Waals surface area contributed by atoms with E-state index in [-0.39, 0.29) is 0 Å². The number of amides is 3. The maximum absolute atomic E-state index is 13.3. The van der Waals surface area contributed by atoms with Crippen LogP contribution in [0.15, 0.2) is 59.6 Å². The number of carbonyl (C=O) groups is 3. The molecule has 0 aliphatic carbocycles. The van der Waals surface area contributed by atoms with E-state index in [9.17, 15) is 27.6 Å². The quantitative estimate of drug-likeness (QED) is 0.320. The van der Waals surface area contributed by atoms with Crippen molar-refractivity contribution in [3.63, 3.8) is 0 Å². The zero-order valence-corrected chi connectivity index (χ0v) is 20.9. The van der Waals surface area contributed by atoms with E-state index in [1.807, 2.05) is 6.07 Å². The van der Waals surface area contributed by atoms with Crippen molar-refractivity contribution in [2.24, 2.45) is 16.6 Å². The molecule has 0 saturated carbocycles. The smallest absolute Gasteiger partial charge is 0.330 e. The molecule has 0 aromatic heterocycles. The van der Waals surface area contributed by atoms with Gasteiger partial charge in [-0.1, -0.05) is 48.5 Å². The lowest BCUT2D eigenvalue weighted by molar-refractivity contribution is -0.143. The summed E-state index contributed by atoms with van der Waals surface area (Å²) in [5.41, 5.74) is 7.74. The van der Waals surface area contributed by atoms with Gasteiger partial charge >= 0.3 is 6.18 Å². The van der Waals surface area contributed by atoms with Crippen LogP contribution in [-0.4, -0.2) is 55.1 Å². The largest absolute Gasteiger partial charge is 0.389 e. The van der Waals surface area contributed by atoms with Crippen molar-refractivity contribution < 1.29 is 27.6 Å². The van der Waals surface area contributed by atoms with Gasteiger partial charge in [0.15, 0.2) is 0 Å².